The second-order valence-electron chi connectivity index (χ2n) is 4.11. The average molecular weight is 411 g/mol. The van der Waals surface area contributed by atoms with Gasteiger partial charge in [-0.2, -0.15) is 0 Å². The number of aliphatic hydroxyl groups excluding tert-OH is 1. The van der Waals surface area contributed by atoms with Crippen LogP contribution in [0, 0.1) is 0 Å². The molecule has 2 N–H and O–H groups in total. The van der Waals surface area contributed by atoms with Crippen molar-refractivity contribution in [3.63, 3.8) is 0 Å². The Hall–Kier alpha value is -0.790. The molecule has 0 atom stereocenters. The van der Waals surface area contributed by atoms with Gasteiger partial charge in [-0.15, -0.1) is 0 Å². The zero-order chi connectivity index (χ0) is 15.6. The first-order chi connectivity index (χ1) is 9.85. The summed E-state index contributed by atoms with van der Waals surface area (Å²) in [4.78, 5) is -0.138. The molecule has 0 saturated heterocycles. The summed E-state index contributed by atoms with van der Waals surface area (Å²) >= 11 is 15.2. The smallest absolute Gasteiger partial charge is 0.263 e. The fourth-order valence-electron chi connectivity index (χ4n) is 1.66. The predicted octanol–water partition coefficient (Wildman–Crippen LogP) is 4.05. The van der Waals surface area contributed by atoms with Crippen LogP contribution in [-0.4, -0.2) is 13.5 Å². The van der Waals surface area contributed by atoms with Gasteiger partial charge in [0.15, 0.2) is 0 Å². The summed E-state index contributed by atoms with van der Waals surface area (Å²) in [5.41, 5.74) is 0.576. The molecule has 0 aliphatic carbocycles. The highest BCUT2D eigenvalue weighted by atomic mass is 79.9. The lowest BCUT2D eigenvalue weighted by molar-refractivity contribution is 0.282. The summed E-state index contributed by atoms with van der Waals surface area (Å²) < 4.78 is 28.0. The van der Waals surface area contributed by atoms with E-state index in [1.54, 1.807) is 24.3 Å². The number of hydrogen-bond donors (Lipinski definition) is 2. The normalized spacial score (nSPS) is 11.4. The Kier molecular flexibility index (Phi) is 5.16. The highest BCUT2D eigenvalue weighted by Gasteiger charge is 2.21. The van der Waals surface area contributed by atoms with Crippen LogP contribution >= 0.6 is 39.1 Å². The Balaban J connectivity index is 2.42. The topological polar surface area (TPSA) is 66.4 Å². The van der Waals surface area contributed by atoms with E-state index < -0.39 is 16.6 Å². The lowest BCUT2D eigenvalue weighted by Crippen LogP contribution is -2.14. The van der Waals surface area contributed by atoms with Crippen molar-refractivity contribution in [2.45, 2.75) is 11.5 Å². The molecule has 0 unspecified atom stereocenters. The van der Waals surface area contributed by atoms with Gasteiger partial charge in [-0.3, -0.25) is 4.72 Å². The number of aliphatic hydroxyl groups is 1. The summed E-state index contributed by atoms with van der Waals surface area (Å²) in [6.07, 6.45) is 0. The standard InChI is InChI=1S/C13H10BrCl2NO3S/c14-8-1-3-9(4-2-8)17-21(19,20)12-6-5-11(15)10(7-18)13(12)16/h1-6,17-18H,7H2. The largest absolute Gasteiger partial charge is 0.392 e. The average Bonchev–Trinajstić information content (AvgIpc) is 2.41. The molecule has 8 heteroatoms. The third-order valence-electron chi connectivity index (χ3n) is 2.69. The molecule has 0 aliphatic heterocycles. The number of halogens is 3. The zero-order valence-electron chi connectivity index (χ0n) is 10.5. The third-order valence-corrected chi connectivity index (χ3v) is 5.54. The van der Waals surface area contributed by atoms with Crippen molar-refractivity contribution in [2.24, 2.45) is 0 Å². The van der Waals surface area contributed by atoms with Gasteiger partial charge in [0.05, 0.1) is 11.6 Å². The van der Waals surface area contributed by atoms with Crippen LogP contribution in [0.3, 0.4) is 0 Å². The Morgan fingerprint density at radius 3 is 2.29 bits per heavy atom. The van der Waals surface area contributed by atoms with Gasteiger partial charge in [0.25, 0.3) is 10.0 Å². The number of nitrogens with one attached hydrogen (secondary N) is 1. The summed E-state index contributed by atoms with van der Waals surface area (Å²) in [7, 11) is -3.87. The molecule has 4 nitrogen and oxygen atoms in total. The summed E-state index contributed by atoms with van der Waals surface area (Å²) in [5.74, 6) is 0. The van der Waals surface area contributed by atoms with Gasteiger partial charge >= 0.3 is 0 Å². The molecule has 0 aliphatic rings. The van der Waals surface area contributed by atoms with Crippen LogP contribution in [0.15, 0.2) is 45.8 Å². The first-order valence-corrected chi connectivity index (χ1v) is 8.74. The van der Waals surface area contributed by atoms with Gasteiger partial charge in [0, 0.05) is 20.7 Å². The molecule has 112 valence electrons. The maximum absolute atomic E-state index is 12.4. The lowest BCUT2D eigenvalue weighted by atomic mass is 10.2. The van der Waals surface area contributed by atoms with Gasteiger partial charge in [-0.1, -0.05) is 39.1 Å². The van der Waals surface area contributed by atoms with Crippen molar-refractivity contribution in [3.05, 3.63) is 56.5 Å². The molecule has 2 aromatic rings. The van der Waals surface area contributed by atoms with E-state index in [-0.39, 0.29) is 20.5 Å². The number of anilines is 1. The van der Waals surface area contributed by atoms with Crippen molar-refractivity contribution in [2.75, 3.05) is 4.72 Å². The number of hydrogen-bond acceptors (Lipinski definition) is 3. The van der Waals surface area contributed by atoms with Gasteiger partial charge in [0.1, 0.15) is 4.90 Å². The van der Waals surface area contributed by atoms with E-state index in [1.807, 2.05) is 0 Å². The second-order valence-corrected chi connectivity index (χ2v) is 7.46. The van der Waals surface area contributed by atoms with Crippen LogP contribution in [0.25, 0.3) is 0 Å². The van der Waals surface area contributed by atoms with Gasteiger partial charge in [-0.25, -0.2) is 8.42 Å². The Bertz CT molecular complexity index is 764. The van der Waals surface area contributed by atoms with Crippen molar-refractivity contribution in [1.82, 2.24) is 0 Å². The minimum atomic E-state index is -3.87. The molecule has 0 aromatic heterocycles. The van der Waals surface area contributed by atoms with Gasteiger partial charge < -0.3 is 5.11 Å². The highest BCUT2D eigenvalue weighted by molar-refractivity contribution is 9.10. The fourth-order valence-corrected chi connectivity index (χ4v) is 3.88. The zero-order valence-corrected chi connectivity index (χ0v) is 14.4. The molecule has 0 radical (unpaired) electrons. The Morgan fingerprint density at radius 1 is 1.10 bits per heavy atom. The molecule has 0 fully saturated rings. The predicted molar refractivity (Wildman–Crippen MR) is 87.3 cm³/mol. The van der Waals surface area contributed by atoms with Crippen molar-refractivity contribution >= 4 is 54.8 Å². The van der Waals surface area contributed by atoms with Crippen LogP contribution in [0.1, 0.15) is 5.56 Å². The van der Waals surface area contributed by atoms with E-state index >= 15 is 0 Å². The lowest BCUT2D eigenvalue weighted by Gasteiger charge is -2.12. The maximum atomic E-state index is 12.4. The van der Waals surface area contributed by atoms with Gasteiger partial charge in [0.2, 0.25) is 0 Å². The molecular formula is C13H10BrCl2NO3S. The van der Waals surface area contributed by atoms with Crippen molar-refractivity contribution in [3.8, 4) is 0 Å². The summed E-state index contributed by atoms with van der Waals surface area (Å²) in [5, 5.41) is 9.35. The minimum Gasteiger partial charge on any atom is -0.392 e. The summed E-state index contributed by atoms with van der Waals surface area (Å²) in [6.45, 7) is -0.445. The van der Waals surface area contributed by atoms with Crippen LogP contribution in [0.4, 0.5) is 5.69 Å². The number of rotatable bonds is 4. The van der Waals surface area contributed by atoms with E-state index in [2.05, 4.69) is 20.7 Å². The molecule has 2 rings (SSSR count). The second kappa shape index (κ2) is 6.54. The molecule has 0 amide bonds. The quantitative estimate of drug-likeness (QED) is 0.798. The van der Waals surface area contributed by atoms with E-state index in [0.717, 1.165) is 4.47 Å². The van der Waals surface area contributed by atoms with E-state index in [9.17, 15) is 13.5 Å². The van der Waals surface area contributed by atoms with E-state index in [4.69, 9.17) is 23.2 Å². The van der Waals surface area contributed by atoms with E-state index in [1.165, 1.54) is 12.1 Å². The minimum absolute atomic E-state index is 0.0883. The van der Waals surface area contributed by atoms with Gasteiger partial charge in [-0.05, 0) is 36.4 Å². The van der Waals surface area contributed by atoms with Crippen molar-refractivity contribution < 1.29 is 13.5 Å². The Labute approximate surface area is 140 Å². The van der Waals surface area contributed by atoms with Crippen LogP contribution in [0.5, 0.6) is 0 Å². The maximum Gasteiger partial charge on any atom is 0.263 e. The first kappa shape index (κ1) is 16.6. The van der Waals surface area contributed by atoms with Crippen LogP contribution in [-0.2, 0) is 16.6 Å². The van der Waals surface area contributed by atoms with Crippen molar-refractivity contribution in [1.29, 1.82) is 0 Å². The first-order valence-electron chi connectivity index (χ1n) is 5.71. The molecule has 0 spiro atoms. The Morgan fingerprint density at radius 2 is 1.71 bits per heavy atom. The van der Waals surface area contributed by atoms with E-state index in [0.29, 0.717) is 5.69 Å². The third kappa shape index (κ3) is 3.70. The molecule has 0 saturated carbocycles. The summed E-state index contributed by atoms with van der Waals surface area (Å²) in [6, 6.07) is 9.32. The molecule has 0 bridgehead atoms. The monoisotopic (exact) mass is 409 g/mol. The molecule has 21 heavy (non-hydrogen) atoms. The SMILES string of the molecule is O=S(=O)(Nc1ccc(Br)cc1)c1ccc(Cl)c(CO)c1Cl. The highest BCUT2D eigenvalue weighted by Crippen LogP contribution is 2.32. The molecule has 0 heterocycles. The van der Waals surface area contributed by atoms with Crippen LogP contribution < -0.4 is 4.72 Å². The number of sulfonamides is 1. The number of benzene rings is 2. The molecule has 2 aromatic carbocycles. The fraction of sp³-hybridized carbons (Fsp3) is 0.0769. The van der Waals surface area contributed by atoms with Crippen LogP contribution in [0.2, 0.25) is 10.0 Å². The molecular weight excluding hydrogens is 401 g/mol.